The molecule has 4 heteroatoms. The highest BCUT2D eigenvalue weighted by molar-refractivity contribution is 5.43. The molecule has 1 aromatic heterocycles. The lowest BCUT2D eigenvalue weighted by atomic mass is 10.0. The average molecular weight is 261 g/mol. The molecule has 0 aliphatic rings. The predicted octanol–water partition coefficient (Wildman–Crippen LogP) is 2.85. The fourth-order valence-electron chi connectivity index (χ4n) is 2.20. The zero-order chi connectivity index (χ0) is 13.8. The Morgan fingerprint density at radius 2 is 2.16 bits per heavy atom. The number of benzene rings is 1. The molecule has 1 atom stereocenters. The molecule has 1 unspecified atom stereocenters. The number of hydrogen-bond acceptors (Lipinski definition) is 2. The summed E-state index contributed by atoms with van der Waals surface area (Å²) in [7, 11) is 0. The van der Waals surface area contributed by atoms with E-state index in [1.54, 1.807) is 12.3 Å². The van der Waals surface area contributed by atoms with Crippen LogP contribution in [0.3, 0.4) is 0 Å². The summed E-state index contributed by atoms with van der Waals surface area (Å²) >= 11 is 0. The van der Waals surface area contributed by atoms with Crippen molar-refractivity contribution in [2.45, 2.75) is 39.2 Å². The van der Waals surface area contributed by atoms with Gasteiger partial charge < -0.3 is 10.3 Å². The highest BCUT2D eigenvalue weighted by Gasteiger charge is 2.14. The highest BCUT2D eigenvalue weighted by atomic mass is 19.1. The van der Waals surface area contributed by atoms with Crippen LogP contribution < -0.4 is 5.73 Å². The number of nitrogens with two attached hydrogens (primary N) is 1. The van der Waals surface area contributed by atoms with Crippen molar-refractivity contribution in [1.29, 1.82) is 0 Å². The van der Waals surface area contributed by atoms with Crippen molar-refractivity contribution in [3.8, 4) is 5.69 Å². The highest BCUT2D eigenvalue weighted by Crippen LogP contribution is 2.21. The number of halogens is 1. The summed E-state index contributed by atoms with van der Waals surface area (Å²) in [6.45, 7) is 4.05. The van der Waals surface area contributed by atoms with Gasteiger partial charge in [0.2, 0.25) is 0 Å². The number of aryl methyl sites for hydroxylation is 1. The van der Waals surface area contributed by atoms with E-state index in [-0.39, 0.29) is 11.9 Å². The topological polar surface area (TPSA) is 43.8 Å². The van der Waals surface area contributed by atoms with Gasteiger partial charge >= 0.3 is 0 Å². The molecule has 0 aliphatic carbocycles. The second kappa shape index (κ2) is 5.97. The van der Waals surface area contributed by atoms with Crippen LogP contribution in [0.4, 0.5) is 4.39 Å². The van der Waals surface area contributed by atoms with Crippen molar-refractivity contribution in [2.75, 3.05) is 0 Å². The fourth-order valence-corrected chi connectivity index (χ4v) is 2.20. The van der Waals surface area contributed by atoms with E-state index in [1.165, 1.54) is 6.07 Å². The summed E-state index contributed by atoms with van der Waals surface area (Å²) < 4.78 is 16.0. The minimum atomic E-state index is -0.197. The summed E-state index contributed by atoms with van der Waals surface area (Å²) in [5, 5.41) is 0. The lowest BCUT2D eigenvalue weighted by Crippen LogP contribution is -2.23. The minimum Gasteiger partial charge on any atom is -0.327 e. The summed E-state index contributed by atoms with van der Waals surface area (Å²) in [4.78, 5) is 4.29. The molecule has 2 N–H and O–H groups in total. The Bertz CT molecular complexity index is 548. The van der Waals surface area contributed by atoms with Crippen molar-refractivity contribution in [1.82, 2.24) is 9.55 Å². The zero-order valence-corrected chi connectivity index (χ0v) is 11.4. The van der Waals surface area contributed by atoms with Crippen LogP contribution in [0, 0.1) is 5.82 Å². The minimum absolute atomic E-state index is 0.0238. The molecule has 0 fully saturated rings. The molecule has 0 bridgehead atoms. The van der Waals surface area contributed by atoms with E-state index in [0.29, 0.717) is 12.0 Å². The number of imidazole rings is 1. The Morgan fingerprint density at radius 3 is 2.84 bits per heavy atom. The van der Waals surface area contributed by atoms with Crippen LogP contribution in [0.1, 0.15) is 31.7 Å². The zero-order valence-electron chi connectivity index (χ0n) is 11.4. The normalized spacial score (nSPS) is 12.6. The first kappa shape index (κ1) is 13.7. The summed E-state index contributed by atoms with van der Waals surface area (Å²) in [6, 6.07) is 5.11. The van der Waals surface area contributed by atoms with E-state index in [0.717, 1.165) is 24.4 Å². The van der Waals surface area contributed by atoms with Gasteiger partial charge in [-0.15, -0.1) is 0 Å². The number of nitrogens with zero attached hydrogens (tertiary/aromatic N) is 2. The van der Waals surface area contributed by atoms with Crippen LogP contribution in [0.2, 0.25) is 0 Å². The maximum absolute atomic E-state index is 14.1. The Kier molecular flexibility index (Phi) is 4.32. The second-order valence-electron chi connectivity index (χ2n) is 4.68. The van der Waals surface area contributed by atoms with E-state index >= 15 is 0 Å². The monoisotopic (exact) mass is 261 g/mol. The molecular weight excluding hydrogens is 241 g/mol. The summed E-state index contributed by atoms with van der Waals surface area (Å²) in [6.07, 6.45) is 5.79. The SMILES string of the molecule is CCc1nccn1-c1cccc(F)c1CC(N)CC. The van der Waals surface area contributed by atoms with Gasteiger partial charge in [0.25, 0.3) is 0 Å². The molecule has 0 aliphatic heterocycles. The molecule has 3 nitrogen and oxygen atoms in total. The molecule has 0 saturated carbocycles. The first-order chi connectivity index (χ1) is 9.17. The van der Waals surface area contributed by atoms with Crippen molar-refractivity contribution < 1.29 is 4.39 Å². The molecule has 2 aromatic rings. The molecule has 1 aromatic carbocycles. The van der Waals surface area contributed by atoms with Crippen LogP contribution >= 0.6 is 0 Å². The Labute approximate surface area is 113 Å². The molecule has 0 spiro atoms. The third-order valence-electron chi connectivity index (χ3n) is 3.38. The van der Waals surface area contributed by atoms with Gasteiger partial charge in [-0.25, -0.2) is 9.37 Å². The largest absolute Gasteiger partial charge is 0.327 e. The quantitative estimate of drug-likeness (QED) is 0.899. The fraction of sp³-hybridized carbons (Fsp3) is 0.400. The van der Waals surface area contributed by atoms with Crippen LogP contribution in [-0.4, -0.2) is 15.6 Å². The second-order valence-corrected chi connectivity index (χ2v) is 4.68. The third kappa shape index (κ3) is 2.84. The molecule has 0 saturated heterocycles. The lowest BCUT2D eigenvalue weighted by molar-refractivity contribution is 0.576. The lowest BCUT2D eigenvalue weighted by Gasteiger charge is -2.16. The summed E-state index contributed by atoms with van der Waals surface area (Å²) in [5.74, 6) is 0.731. The number of hydrogen-bond donors (Lipinski definition) is 1. The maximum Gasteiger partial charge on any atom is 0.128 e. The van der Waals surface area contributed by atoms with E-state index in [1.807, 2.05) is 30.7 Å². The molecule has 19 heavy (non-hydrogen) atoms. The number of aromatic nitrogens is 2. The van der Waals surface area contributed by atoms with Crippen LogP contribution in [0.25, 0.3) is 5.69 Å². The number of rotatable bonds is 5. The molecule has 0 radical (unpaired) electrons. The van der Waals surface area contributed by atoms with Gasteiger partial charge in [-0.1, -0.05) is 19.9 Å². The molecule has 0 amide bonds. The van der Waals surface area contributed by atoms with Crippen molar-refractivity contribution in [3.05, 3.63) is 47.8 Å². The standard InChI is InChI=1S/C15H20FN3/c1-3-11(17)10-12-13(16)6-5-7-14(12)19-9-8-18-15(19)4-2/h5-9,11H,3-4,10,17H2,1-2H3. The van der Waals surface area contributed by atoms with E-state index in [4.69, 9.17) is 5.73 Å². The first-order valence-corrected chi connectivity index (χ1v) is 6.72. The van der Waals surface area contributed by atoms with E-state index < -0.39 is 0 Å². The predicted molar refractivity (Wildman–Crippen MR) is 74.9 cm³/mol. The average Bonchev–Trinajstić information content (AvgIpc) is 2.89. The van der Waals surface area contributed by atoms with Crippen molar-refractivity contribution in [2.24, 2.45) is 5.73 Å². The van der Waals surface area contributed by atoms with E-state index in [2.05, 4.69) is 4.98 Å². The maximum atomic E-state index is 14.1. The Hall–Kier alpha value is -1.68. The van der Waals surface area contributed by atoms with Crippen molar-refractivity contribution >= 4 is 0 Å². The molecular formula is C15H20FN3. The van der Waals surface area contributed by atoms with Gasteiger partial charge in [0.15, 0.2) is 0 Å². The van der Waals surface area contributed by atoms with Crippen LogP contribution in [-0.2, 0) is 12.8 Å². The Balaban J connectivity index is 2.48. The molecule has 1 heterocycles. The van der Waals surface area contributed by atoms with Gasteiger partial charge in [-0.05, 0) is 25.0 Å². The van der Waals surface area contributed by atoms with Crippen LogP contribution in [0.15, 0.2) is 30.6 Å². The smallest absolute Gasteiger partial charge is 0.128 e. The van der Waals surface area contributed by atoms with Gasteiger partial charge in [-0.3, -0.25) is 0 Å². The van der Waals surface area contributed by atoms with Gasteiger partial charge in [0.1, 0.15) is 11.6 Å². The van der Waals surface area contributed by atoms with Gasteiger partial charge in [0, 0.05) is 30.4 Å². The van der Waals surface area contributed by atoms with E-state index in [9.17, 15) is 4.39 Å². The van der Waals surface area contributed by atoms with Gasteiger partial charge in [-0.2, -0.15) is 0 Å². The third-order valence-corrected chi connectivity index (χ3v) is 3.38. The first-order valence-electron chi connectivity index (χ1n) is 6.72. The Morgan fingerprint density at radius 1 is 1.37 bits per heavy atom. The molecule has 2 rings (SSSR count). The van der Waals surface area contributed by atoms with Crippen LogP contribution in [0.5, 0.6) is 0 Å². The van der Waals surface area contributed by atoms with Crippen molar-refractivity contribution in [3.63, 3.8) is 0 Å². The van der Waals surface area contributed by atoms with Gasteiger partial charge in [0.05, 0.1) is 5.69 Å². The summed E-state index contributed by atoms with van der Waals surface area (Å²) in [5.41, 5.74) is 7.49. The molecule has 102 valence electrons.